The molecule has 1 aliphatic rings. The Morgan fingerprint density at radius 2 is 2.25 bits per heavy atom. The maximum Gasteiger partial charge on any atom is 0.0395 e. The van der Waals surface area contributed by atoms with Crippen LogP contribution in [0.4, 0.5) is 0 Å². The standard InChI is InChI=1S/C6H4S2/c7-4-2-1-3-5-6(4)8-5/h1-3,7H. The van der Waals surface area contributed by atoms with Crippen molar-refractivity contribution in [1.82, 2.24) is 0 Å². The molecule has 0 N–H and O–H groups in total. The van der Waals surface area contributed by atoms with Crippen molar-refractivity contribution in [3.8, 4) is 0 Å². The Morgan fingerprint density at radius 1 is 1.38 bits per heavy atom. The number of thiol groups is 1. The summed E-state index contributed by atoms with van der Waals surface area (Å²) in [5.74, 6) is 0. The summed E-state index contributed by atoms with van der Waals surface area (Å²) in [6, 6.07) is 6.16. The van der Waals surface area contributed by atoms with E-state index in [4.69, 9.17) is 0 Å². The monoisotopic (exact) mass is 140 g/mol. The third-order valence-corrected chi connectivity index (χ3v) is 2.65. The summed E-state index contributed by atoms with van der Waals surface area (Å²) < 4.78 is 0. The Labute approximate surface area is 57.7 Å². The lowest BCUT2D eigenvalue weighted by Gasteiger charge is -1.79. The topological polar surface area (TPSA) is 0 Å². The Kier molecular flexibility index (Phi) is 0.866. The van der Waals surface area contributed by atoms with Gasteiger partial charge in [-0.3, -0.25) is 0 Å². The van der Waals surface area contributed by atoms with Gasteiger partial charge >= 0.3 is 0 Å². The van der Waals surface area contributed by atoms with Crippen molar-refractivity contribution < 1.29 is 0 Å². The molecule has 0 amide bonds. The Bertz CT molecular complexity index is 230. The zero-order chi connectivity index (χ0) is 5.56. The fraction of sp³-hybridized carbons (Fsp3) is 0. The van der Waals surface area contributed by atoms with Crippen LogP contribution < -0.4 is 0 Å². The summed E-state index contributed by atoms with van der Waals surface area (Å²) in [5.41, 5.74) is 0. The third kappa shape index (κ3) is 0.565. The minimum atomic E-state index is 1.12. The molecule has 1 aromatic rings. The molecule has 1 heterocycles. The SMILES string of the molecule is Sc1cccc2c1S2. The van der Waals surface area contributed by atoms with Gasteiger partial charge in [0, 0.05) is 14.7 Å². The third-order valence-electron chi connectivity index (χ3n) is 1.13. The van der Waals surface area contributed by atoms with Crippen molar-refractivity contribution in [3.63, 3.8) is 0 Å². The Balaban J connectivity index is 2.70. The second-order valence-corrected chi connectivity index (χ2v) is 3.24. The van der Waals surface area contributed by atoms with Crippen LogP contribution in [0.15, 0.2) is 32.9 Å². The summed E-state index contributed by atoms with van der Waals surface area (Å²) in [6.45, 7) is 0. The molecule has 0 saturated heterocycles. The second-order valence-electron chi connectivity index (χ2n) is 1.71. The van der Waals surface area contributed by atoms with E-state index < -0.39 is 0 Å². The highest BCUT2D eigenvalue weighted by Gasteiger charge is 2.19. The molecule has 2 heteroatoms. The zero-order valence-corrected chi connectivity index (χ0v) is 5.80. The summed E-state index contributed by atoms with van der Waals surface area (Å²) >= 11 is 6.04. The summed E-state index contributed by atoms with van der Waals surface area (Å²) in [6.07, 6.45) is 0. The van der Waals surface area contributed by atoms with Crippen LogP contribution in [-0.4, -0.2) is 0 Å². The Morgan fingerprint density at radius 3 is 2.88 bits per heavy atom. The van der Waals surface area contributed by atoms with E-state index >= 15 is 0 Å². The van der Waals surface area contributed by atoms with Crippen molar-refractivity contribution in [3.05, 3.63) is 18.2 Å². The van der Waals surface area contributed by atoms with Crippen molar-refractivity contribution in [2.24, 2.45) is 0 Å². The molecule has 0 fully saturated rings. The molecule has 2 rings (SSSR count). The van der Waals surface area contributed by atoms with E-state index in [1.54, 1.807) is 0 Å². The van der Waals surface area contributed by atoms with Gasteiger partial charge in [-0.05, 0) is 12.1 Å². The molecule has 0 aromatic heterocycles. The van der Waals surface area contributed by atoms with Gasteiger partial charge in [-0.1, -0.05) is 17.8 Å². The quantitative estimate of drug-likeness (QED) is 0.433. The van der Waals surface area contributed by atoms with Crippen LogP contribution >= 0.6 is 24.4 Å². The summed E-state index contributed by atoms with van der Waals surface area (Å²) in [7, 11) is 0. The molecule has 40 valence electrons. The van der Waals surface area contributed by atoms with Gasteiger partial charge in [0.1, 0.15) is 0 Å². The lowest BCUT2D eigenvalue weighted by Crippen LogP contribution is -1.56. The number of hydrogen-bond acceptors (Lipinski definition) is 2. The van der Waals surface area contributed by atoms with Crippen LogP contribution in [0.1, 0.15) is 0 Å². The molecule has 1 aromatic carbocycles. The molecule has 0 spiro atoms. The van der Waals surface area contributed by atoms with Gasteiger partial charge in [-0.15, -0.1) is 12.6 Å². The second kappa shape index (κ2) is 1.45. The Hall–Kier alpha value is -0.0800. The van der Waals surface area contributed by atoms with Gasteiger partial charge in [-0.25, -0.2) is 0 Å². The van der Waals surface area contributed by atoms with Crippen LogP contribution in [0.3, 0.4) is 0 Å². The largest absolute Gasteiger partial charge is 0.142 e. The minimum absolute atomic E-state index is 1.12. The van der Waals surface area contributed by atoms with Gasteiger partial charge in [-0.2, -0.15) is 0 Å². The molecule has 0 unspecified atom stereocenters. The molecular formula is C6H4S2. The smallest absolute Gasteiger partial charge is 0.0395 e. The maximum atomic E-state index is 4.23. The average Bonchev–Trinajstić information content (AvgIpc) is 2.45. The molecule has 0 saturated carbocycles. The predicted molar refractivity (Wildman–Crippen MR) is 37.8 cm³/mol. The number of benzene rings is 1. The first-order valence-corrected chi connectivity index (χ1v) is 3.64. The molecule has 0 radical (unpaired) electrons. The van der Waals surface area contributed by atoms with Gasteiger partial charge in [0.25, 0.3) is 0 Å². The lowest BCUT2D eigenvalue weighted by atomic mass is 10.4. The van der Waals surface area contributed by atoms with Crippen LogP contribution in [0.5, 0.6) is 0 Å². The van der Waals surface area contributed by atoms with Crippen LogP contribution in [-0.2, 0) is 0 Å². The van der Waals surface area contributed by atoms with E-state index in [2.05, 4.69) is 18.7 Å². The first kappa shape index (κ1) is 4.77. The normalized spacial score (nSPS) is 13.1. The molecule has 0 atom stereocenters. The van der Waals surface area contributed by atoms with E-state index in [1.807, 2.05) is 23.9 Å². The first-order valence-electron chi connectivity index (χ1n) is 2.38. The zero-order valence-electron chi connectivity index (χ0n) is 4.09. The van der Waals surface area contributed by atoms with Crippen molar-refractivity contribution >= 4 is 24.4 Å². The number of rotatable bonds is 0. The lowest BCUT2D eigenvalue weighted by molar-refractivity contribution is 1.22. The van der Waals surface area contributed by atoms with Crippen LogP contribution in [0.2, 0.25) is 0 Å². The van der Waals surface area contributed by atoms with Crippen molar-refractivity contribution in [2.75, 3.05) is 0 Å². The molecule has 0 bridgehead atoms. The molecule has 0 nitrogen and oxygen atoms in total. The van der Waals surface area contributed by atoms with Crippen molar-refractivity contribution in [2.45, 2.75) is 14.7 Å². The van der Waals surface area contributed by atoms with Gasteiger partial charge in [0.15, 0.2) is 0 Å². The van der Waals surface area contributed by atoms with E-state index in [0.29, 0.717) is 0 Å². The summed E-state index contributed by atoms with van der Waals surface area (Å²) in [5, 5.41) is 0. The number of hydrogen-bond donors (Lipinski definition) is 1. The van der Waals surface area contributed by atoms with Gasteiger partial charge in [0.05, 0.1) is 0 Å². The average molecular weight is 140 g/mol. The highest BCUT2D eigenvalue weighted by molar-refractivity contribution is 8.05. The molecule has 1 aliphatic heterocycles. The van der Waals surface area contributed by atoms with Crippen molar-refractivity contribution in [1.29, 1.82) is 0 Å². The van der Waals surface area contributed by atoms with Crippen LogP contribution in [0.25, 0.3) is 0 Å². The van der Waals surface area contributed by atoms with Crippen LogP contribution in [0, 0.1) is 0 Å². The number of fused-ring (bicyclic) bond motifs is 1. The maximum absolute atomic E-state index is 4.23. The highest BCUT2D eigenvalue weighted by Crippen LogP contribution is 2.51. The molecule has 0 aliphatic carbocycles. The first-order chi connectivity index (χ1) is 3.88. The molecule has 8 heavy (non-hydrogen) atoms. The molecular weight excluding hydrogens is 136 g/mol. The van der Waals surface area contributed by atoms with Gasteiger partial charge < -0.3 is 0 Å². The van der Waals surface area contributed by atoms with E-state index in [-0.39, 0.29) is 0 Å². The van der Waals surface area contributed by atoms with E-state index in [9.17, 15) is 0 Å². The fourth-order valence-corrected chi connectivity index (χ4v) is 1.76. The van der Waals surface area contributed by atoms with E-state index in [0.717, 1.165) is 4.90 Å². The summed E-state index contributed by atoms with van der Waals surface area (Å²) in [4.78, 5) is 3.86. The predicted octanol–water partition coefficient (Wildman–Crippen LogP) is 2.44. The minimum Gasteiger partial charge on any atom is -0.142 e. The fourth-order valence-electron chi connectivity index (χ4n) is 0.675. The van der Waals surface area contributed by atoms with Gasteiger partial charge in [0.2, 0.25) is 0 Å². The van der Waals surface area contributed by atoms with E-state index in [1.165, 1.54) is 9.79 Å². The highest BCUT2D eigenvalue weighted by atomic mass is 32.2.